The van der Waals surface area contributed by atoms with Crippen LogP contribution in [0.4, 0.5) is 17.3 Å². The number of aromatic amines is 1. The second-order valence-electron chi connectivity index (χ2n) is 17.4. The molecule has 9 N–H and O–H groups in total. The summed E-state index contributed by atoms with van der Waals surface area (Å²) in [5, 5.41) is 66.0. The Morgan fingerprint density at radius 1 is 0.747 bits per heavy atom. The zero-order valence-corrected chi connectivity index (χ0v) is 44.1. The molecule has 2 amide bonds. The third-order valence-corrected chi connectivity index (χ3v) is 12.2. The van der Waals surface area contributed by atoms with Crippen LogP contribution in [0.25, 0.3) is 11.2 Å². The number of nitrogens with zero attached hydrogens (tertiary/aromatic N) is 7. The molecule has 28 heteroatoms. The Labute approximate surface area is 448 Å². The van der Waals surface area contributed by atoms with Gasteiger partial charge in [-0.05, 0) is 74.1 Å². The number of aromatic nitrogens is 4. The summed E-state index contributed by atoms with van der Waals surface area (Å²) in [5.41, 5.74) is 7.87. The van der Waals surface area contributed by atoms with E-state index in [-0.39, 0.29) is 127 Å². The van der Waals surface area contributed by atoms with E-state index >= 15 is 0 Å². The summed E-state index contributed by atoms with van der Waals surface area (Å²) in [4.78, 5) is 118. The Morgan fingerprint density at radius 3 is 1.85 bits per heavy atom. The number of carbonyl (C=O) groups excluding carboxylic acids is 5. The summed E-state index contributed by atoms with van der Waals surface area (Å²) >= 11 is 5.50. The number of carbonyl (C=O) groups is 7. The Bertz CT molecular complexity index is 2650. The van der Waals surface area contributed by atoms with Crippen molar-refractivity contribution in [2.24, 2.45) is 0 Å². The fraction of sp³-hybridized carbons (Fsp3) is 0.447. The van der Waals surface area contributed by atoms with Crippen LogP contribution in [0, 0.1) is 0 Å². The number of carboxylic acids is 5. The number of rotatable bonds is 25. The number of hydrogen-bond acceptors (Lipinski definition) is 21. The van der Waals surface area contributed by atoms with Crippen molar-refractivity contribution in [2.45, 2.75) is 57.2 Å². The fourth-order valence-corrected chi connectivity index (χ4v) is 8.22. The Balaban J connectivity index is 0.0000122. The molecule has 1 fully saturated rings. The first-order valence-electron chi connectivity index (χ1n) is 23.6. The van der Waals surface area contributed by atoms with Crippen LogP contribution in [0.15, 0.2) is 59.5 Å². The molecule has 1 saturated heterocycles. The molecule has 2 aromatic carbocycles. The third kappa shape index (κ3) is 21.0. The summed E-state index contributed by atoms with van der Waals surface area (Å²) in [6.45, 7) is 0.0698. The van der Waals surface area contributed by atoms with Crippen molar-refractivity contribution in [3.8, 4) is 0 Å². The number of nitrogens with one attached hydrogen (secondary N) is 5. The number of anilines is 3. The number of carboxylic acid groups (broad SMARTS) is 5. The predicted octanol–water partition coefficient (Wildman–Crippen LogP) is -4.32. The number of H-pyrrole nitrogens is 1. The van der Waals surface area contributed by atoms with Gasteiger partial charge in [-0.15, -0.1) is 0 Å². The van der Waals surface area contributed by atoms with E-state index in [1.165, 1.54) is 23.2 Å². The zero-order valence-electron chi connectivity index (χ0n) is 40.9. The Morgan fingerprint density at radius 2 is 1.31 bits per heavy atom. The minimum Gasteiger partial charge on any atom is -0.549 e. The molecule has 1 aliphatic heterocycles. The largest absolute Gasteiger partial charge is 3.00 e. The third-order valence-electron chi connectivity index (χ3n) is 11.9. The molecule has 5 rings (SSSR count). The van der Waals surface area contributed by atoms with Crippen LogP contribution in [-0.4, -0.2) is 207 Å². The molecule has 75 heavy (non-hydrogen) atoms. The molecule has 3 heterocycles. The van der Waals surface area contributed by atoms with E-state index in [1.54, 1.807) is 39.0 Å². The molecule has 0 aliphatic carbocycles. The molecular formula is C47H58GaN13O13S. The maximum Gasteiger partial charge on any atom is 3.00 e. The average Bonchev–Trinajstić information content (AvgIpc) is 3.34. The van der Waals surface area contributed by atoms with Crippen LogP contribution in [0.1, 0.15) is 53.7 Å². The van der Waals surface area contributed by atoms with Crippen molar-refractivity contribution in [1.82, 2.24) is 50.2 Å². The average molecular weight is 1110 g/mol. The topological polar surface area (TPSA) is 388 Å². The molecule has 0 saturated carbocycles. The smallest absolute Gasteiger partial charge is 0.549 e. The van der Waals surface area contributed by atoms with E-state index in [4.69, 9.17) is 18.0 Å². The van der Waals surface area contributed by atoms with Gasteiger partial charge >= 0.3 is 31.7 Å². The molecule has 1 unspecified atom stereocenters. The number of aliphatic carboxylic acids is 5. The van der Waals surface area contributed by atoms with Crippen molar-refractivity contribution in [3.05, 3.63) is 81.9 Å². The van der Waals surface area contributed by atoms with E-state index in [0.29, 0.717) is 41.3 Å². The number of aryl methyl sites for hydroxylation is 1. The molecule has 0 radical (unpaired) electrons. The molecule has 398 valence electrons. The Kier molecular flexibility index (Phi) is 24.5. The minimum atomic E-state index is -1.35. The molecule has 4 aromatic rings. The molecule has 2 aromatic heterocycles. The molecule has 1 aliphatic rings. The monoisotopic (exact) mass is 1110 g/mol. The summed E-state index contributed by atoms with van der Waals surface area (Å²) < 4.78 is 0. The number of thiocarbonyl (C=S) groups is 1. The van der Waals surface area contributed by atoms with Gasteiger partial charge in [0.1, 0.15) is 12.1 Å². The van der Waals surface area contributed by atoms with Gasteiger partial charge in [0, 0.05) is 102 Å². The van der Waals surface area contributed by atoms with Gasteiger partial charge in [0.15, 0.2) is 11.2 Å². The molecular weight excluding hydrogens is 1060 g/mol. The van der Waals surface area contributed by atoms with Crippen molar-refractivity contribution in [2.75, 3.05) is 94.9 Å². The van der Waals surface area contributed by atoms with Gasteiger partial charge in [0.05, 0.1) is 41.3 Å². The van der Waals surface area contributed by atoms with Crippen molar-refractivity contribution in [3.63, 3.8) is 0 Å². The number of nitrogen functional groups attached to an aromatic ring is 1. The summed E-state index contributed by atoms with van der Waals surface area (Å²) in [5.74, 6) is -7.61. The zero-order chi connectivity index (χ0) is 53.7. The minimum absolute atomic E-state index is 0. The van der Waals surface area contributed by atoms with Gasteiger partial charge in [-0.2, -0.15) is 4.98 Å². The Hall–Kier alpha value is -7.08. The van der Waals surface area contributed by atoms with E-state index < -0.39 is 78.9 Å². The van der Waals surface area contributed by atoms with Gasteiger partial charge in [-0.3, -0.25) is 43.8 Å². The van der Waals surface area contributed by atoms with Crippen LogP contribution in [0.3, 0.4) is 0 Å². The van der Waals surface area contributed by atoms with Gasteiger partial charge in [-0.1, -0.05) is 24.4 Å². The van der Waals surface area contributed by atoms with Gasteiger partial charge in [-0.25, -0.2) is 14.8 Å². The first kappa shape index (κ1) is 60.5. The normalized spacial score (nSPS) is 14.9. The maximum atomic E-state index is 12.9. The van der Waals surface area contributed by atoms with Crippen LogP contribution in [0.2, 0.25) is 0 Å². The van der Waals surface area contributed by atoms with Crippen molar-refractivity contribution >= 4 is 107 Å². The van der Waals surface area contributed by atoms with Crippen LogP contribution >= 0.6 is 12.2 Å². The molecule has 26 nitrogen and oxygen atoms in total. The number of nitrogens with two attached hydrogens (primary N) is 1. The quantitative estimate of drug-likeness (QED) is 0.0177. The van der Waals surface area contributed by atoms with Crippen LogP contribution < -0.4 is 47.9 Å². The van der Waals surface area contributed by atoms with E-state index in [9.17, 15) is 63.9 Å². The van der Waals surface area contributed by atoms with Crippen LogP contribution in [-0.2, 0) is 41.7 Å². The van der Waals surface area contributed by atoms with Gasteiger partial charge in [0.2, 0.25) is 11.9 Å². The van der Waals surface area contributed by atoms with Gasteiger partial charge < -0.3 is 66.9 Å². The number of hydrogen-bond donors (Lipinski definition) is 8. The second-order valence-corrected chi connectivity index (χ2v) is 17.9. The van der Waals surface area contributed by atoms with E-state index in [1.807, 2.05) is 12.1 Å². The van der Waals surface area contributed by atoms with Crippen LogP contribution in [0.5, 0.6) is 0 Å². The van der Waals surface area contributed by atoms with Gasteiger partial charge in [0.25, 0.3) is 11.5 Å². The summed E-state index contributed by atoms with van der Waals surface area (Å²) in [6, 6.07) is 11.0. The summed E-state index contributed by atoms with van der Waals surface area (Å²) in [6.07, 6.45) is 2.49. The number of fused-ring (bicyclic) bond motifs is 1. The first-order valence-corrected chi connectivity index (χ1v) is 24.0. The first-order chi connectivity index (χ1) is 35.3. The van der Waals surface area contributed by atoms with Crippen molar-refractivity contribution in [1.29, 1.82) is 0 Å². The number of benzene rings is 2. The summed E-state index contributed by atoms with van der Waals surface area (Å²) in [7, 11) is 0. The second kappa shape index (κ2) is 30.3. The SMILES string of the molecule is Nc1nc2ncc(CNc3ccc(C(=O)N[C@@H](CCC(=O)NCCCC(=S)Nc4ccc(CCC(C(=O)O)N5CCN(CC(=O)[O-])CCN(CC(=O)[O-])CCN(CC(=O)[O-])CC5)cc4)C(=O)O)cc3)nc2c(=O)[nH]1.[Ga+3]. The molecule has 0 spiro atoms. The molecule has 2 atom stereocenters. The standard InChI is InChI=1S/C47H61N13O13S.Ga/c48-47-55-42-41(44(69)56-47)53-33(25-51-42)24-50-31-10-6-30(7-11-31)43(68)54-34(45(70)71)12-14-36(61)49-15-1-2-37(74)52-32-8-3-29(4-9-32)5-13-35(46(72)73)60-22-20-58(27-39(64)65)18-16-57(26-38(62)63)17-19-59(21-23-60)28-40(66)67;/h3-4,6-11,25,34-35,50H,1-2,5,12-24,26-28H2,(H,49,61)(H,52,74)(H,54,68)(H,62,63)(H,64,65)(H,66,67)(H,70,71)(H,72,73)(H3,48,51,55,56,69);/q;+3/p-3/t34-,35?;/m0./s1. The molecule has 0 bridgehead atoms. The maximum absolute atomic E-state index is 12.9. The predicted molar refractivity (Wildman–Crippen MR) is 271 cm³/mol. The van der Waals surface area contributed by atoms with E-state index in [2.05, 4.69) is 41.2 Å². The fourth-order valence-electron chi connectivity index (χ4n) is 7.96. The number of amides is 2. The van der Waals surface area contributed by atoms with Crippen molar-refractivity contribution < 1.29 is 59.1 Å². The van der Waals surface area contributed by atoms with E-state index in [0.717, 1.165) is 5.56 Å².